The van der Waals surface area contributed by atoms with Gasteiger partial charge in [0.15, 0.2) is 0 Å². The highest BCUT2D eigenvalue weighted by atomic mass is 31.1. The molecule has 0 radical (unpaired) electrons. The van der Waals surface area contributed by atoms with Crippen molar-refractivity contribution < 1.29 is 9.42 Å². The molecule has 1 fully saturated rings. The van der Waals surface area contributed by atoms with Crippen LogP contribution in [0.15, 0.2) is 0 Å². The third kappa shape index (κ3) is 1.01. The van der Waals surface area contributed by atoms with Gasteiger partial charge in [-0.1, -0.05) is 4.52 Å². The van der Waals surface area contributed by atoms with Crippen LogP contribution in [0.2, 0.25) is 0 Å². The van der Waals surface area contributed by atoms with Crippen molar-refractivity contribution in [2.45, 2.75) is 6.42 Å². The molecule has 2 aliphatic heterocycles. The van der Waals surface area contributed by atoms with Crippen LogP contribution < -0.4 is 10.2 Å². The molecule has 1 N–H and O–H groups in total. The van der Waals surface area contributed by atoms with E-state index in [1.807, 2.05) is 0 Å². The largest absolute Gasteiger partial charge is 0.600 e. The van der Waals surface area contributed by atoms with E-state index in [2.05, 4.69) is 5.32 Å². The maximum absolute atomic E-state index is 10.5. The van der Waals surface area contributed by atoms with Crippen molar-refractivity contribution in [3.63, 3.8) is 0 Å². The molecule has 2 unspecified atom stereocenters. The van der Waals surface area contributed by atoms with Crippen LogP contribution in [-0.2, 0) is 4.52 Å². The van der Waals surface area contributed by atoms with Crippen LogP contribution in [0.1, 0.15) is 6.42 Å². The lowest BCUT2D eigenvalue weighted by Gasteiger charge is -1.89. The van der Waals surface area contributed by atoms with Crippen molar-refractivity contribution in [2.75, 3.05) is 13.1 Å². The predicted molar refractivity (Wildman–Crippen MR) is 34.0 cm³/mol. The second kappa shape index (κ2) is 2.03. The summed E-state index contributed by atoms with van der Waals surface area (Å²) in [6, 6.07) is 0. The molecule has 0 amide bonds. The fourth-order valence-electron chi connectivity index (χ4n) is 1.15. The summed E-state index contributed by atoms with van der Waals surface area (Å²) in [7, 11) is -1.32. The molecule has 0 saturated carbocycles. The van der Waals surface area contributed by atoms with Gasteiger partial charge in [-0.3, -0.25) is 0 Å². The van der Waals surface area contributed by atoms with E-state index >= 15 is 0 Å². The molecule has 0 spiro atoms. The van der Waals surface area contributed by atoms with E-state index in [9.17, 15) is 4.89 Å². The summed E-state index contributed by atoms with van der Waals surface area (Å²) < 4.78 is 4.79. The van der Waals surface area contributed by atoms with Gasteiger partial charge in [0.25, 0.3) is 8.00 Å². The highest BCUT2D eigenvalue weighted by Gasteiger charge is 2.41. The summed E-state index contributed by atoms with van der Waals surface area (Å²) in [5.41, 5.74) is 0.843. The van der Waals surface area contributed by atoms with Crippen LogP contribution in [0.25, 0.3) is 0 Å². The molecule has 4 heteroatoms. The van der Waals surface area contributed by atoms with Crippen molar-refractivity contribution in [1.82, 2.24) is 5.32 Å². The van der Waals surface area contributed by atoms with E-state index in [1.165, 1.54) is 0 Å². The summed E-state index contributed by atoms with van der Waals surface area (Å²) >= 11 is 0. The van der Waals surface area contributed by atoms with E-state index in [1.54, 1.807) is 0 Å². The van der Waals surface area contributed by atoms with E-state index in [4.69, 9.17) is 4.52 Å². The Kier molecular flexibility index (Phi) is 1.31. The molecule has 0 aromatic heterocycles. The minimum atomic E-state index is -1.32. The number of hydrogen-bond acceptors (Lipinski definition) is 3. The van der Waals surface area contributed by atoms with Gasteiger partial charge in [0.2, 0.25) is 0 Å². The molecule has 3 nitrogen and oxygen atoms in total. The van der Waals surface area contributed by atoms with Crippen LogP contribution in [0.4, 0.5) is 0 Å². The monoisotopic (exact) mass is 145 g/mol. The van der Waals surface area contributed by atoms with Crippen LogP contribution in [0.5, 0.6) is 0 Å². The van der Waals surface area contributed by atoms with Crippen LogP contribution in [-0.4, -0.2) is 18.6 Å². The first-order chi connectivity index (χ1) is 4.38. The maximum atomic E-state index is 10.5. The normalized spacial score (nSPS) is 37.7. The molecule has 2 heterocycles. The van der Waals surface area contributed by atoms with Gasteiger partial charge in [-0.05, 0) is 13.0 Å². The quantitative estimate of drug-likeness (QED) is 0.502. The molecule has 0 aromatic carbocycles. The van der Waals surface area contributed by atoms with Gasteiger partial charge in [0.1, 0.15) is 0 Å². The molecule has 0 bridgehead atoms. The maximum Gasteiger partial charge on any atom is 0.307 e. The van der Waals surface area contributed by atoms with Crippen molar-refractivity contribution in [3.8, 4) is 0 Å². The number of rotatable bonds is 1. The number of hydrogen-bond donors (Lipinski definition) is 1. The van der Waals surface area contributed by atoms with Crippen molar-refractivity contribution in [1.29, 1.82) is 0 Å². The van der Waals surface area contributed by atoms with E-state index in [0.29, 0.717) is 5.92 Å². The fourth-order valence-corrected chi connectivity index (χ4v) is 2.05. The molecule has 2 aliphatic rings. The Morgan fingerprint density at radius 2 is 2.56 bits per heavy atom. The Bertz CT molecular complexity index is 162. The average molecular weight is 145 g/mol. The molecule has 2 atom stereocenters. The predicted octanol–water partition coefficient (Wildman–Crippen LogP) is -0.572. The highest BCUT2D eigenvalue weighted by molar-refractivity contribution is 7.55. The van der Waals surface area contributed by atoms with Gasteiger partial charge in [-0.25, -0.2) is 0 Å². The average Bonchev–Trinajstić information content (AvgIpc) is 2.44. The Hall–Kier alpha value is 0.0500. The van der Waals surface area contributed by atoms with Gasteiger partial charge < -0.3 is 10.2 Å². The van der Waals surface area contributed by atoms with E-state index in [-0.39, 0.29) is 0 Å². The lowest BCUT2D eigenvalue weighted by atomic mass is 10.1. The Morgan fingerprint density at radius 3 is 3.00 bits per heavy atom. The second-order valence-electron chi connectivity index (χ2n) is 2.38. The van der Waals surface area contributed by atoms with Crippen LogP contribution in [0.3, 0.4) is 0 Å². The first-order valence-electron chi connectivity index (χ1n) is 3.11. The van der Waals surface area contributed by atoms with Crippen LogP contribution >= 0.6 is 8.00 Å². The first-order valence-corrected chi connectivity index (χ1v) is 4.28. The summed E-state index contributed by atoms with van der Waals surface area (Å²) in [6.07, 6.45) is 1.09. The summed E-state index contributed by atoms with van der Waals surface area (Å²) in [5.74, 6) is 0.452. The third-order valence-electron chi connectivity index (χ3n) is 1.73. The topological polar surface area (TPSA) is 47.6 Å². The van der Waals surface area contributed by atoms with Gasteiger partial charge in [0.05, 0.1) is 5.92 Å². The Balaban J connectivity index is 1.99. The molecule has 9 heavy (non-hydrogen) atoms. The van der Waals surface area contributed by atoms with Gasteiger partial charge >= 0.3 is 5.48 Å². The minimum Gasteiger partial charge on any atom is -0.600 e. The molecular weight excluding hydrogens is 137 g/mol. The molecule has 2 rings (SSSR count). The fraction of sp³-hybridized carbons (Fsp3) is 0.800. The molecule has 50 valence electrons. The summed E-state index contributed by atoms with van der Waals surface area (Å²) in [4.78, 5) is 10.5. The van der Waals surface area contributed by atoms with E-state index < -0.39 is 8.00 Å². The van der Waals surface area contributed by atoms with Crippen molar-refractivity contribution in [2.24, 2.45) is 5.92 Å². The zero-order chi connectivity index (χ0) is 6.27. The second-order valence-corrected chi connectivity index (χ2v) is 3.51. The highest BCUT2D eigenvalue weighted by Crippen LogP contribution is 2.39. The lowest BCUT2D eigenvalue weighted by molar-refractivity contribution is -0.159. The van der Waals surface area contributed by atoms with Gasteiger partial charge in [-0.2, -0.15) is 0 Å². The Morgan fingerprint density at radius 1 is 1.78 bits per heavy atom. The van der Waals surface area contributed by atoms with E-state index in [0.717, 1.165) is 25.0 Å². The van der Waals surface area contributed by atoms with Crippen molar-refractivity contribution >= 4 is 13.5 Å². The van der Waals surface area contributed by atoms with Crippen LogP contribution in [0, 0.1) is 5.92 Å². The smallest absolute Gasteiger partial charge is 0.307 e. The first kappa shape index (κ1) is 5.81. The minimum absolute atomic E-state index is 0.452. The molecule has 0 aromatic rings. The van der Waals surface area contributed by atoms with Gasteiger partial charge in [-0.15, -0.1) is 0 Å². The third-order valence-corrected chi connectivity index (χ3v) is 2.75. The lowest BCUT2D eigenvalue weighted by Crippen LogP contribution is -2.11. The van der Waals surface area contributed by atoms with Gasteiger partial charge in [0, 0.05) is 6.54 Å². The standard InChI is InChI=1S/C5H8NO2P/c7-9-5(8-9)4-1-2-6-3-4/h4,6H,1-3H2. The van der Waals surface area contributed by atoms with Crippen molar-refractivity contribution in [3.05, 3.63) is 0 Å². The molecule has 1 saturated heterocycles. The SMILES string of the molecule is [O-][P+]1=C(C2CCNC2)O1. The Labute approximate surface area is 54.6 Å². The summed E-state index contributed by atoms with van der Waals surface area (Å²) in [6.45, 7) is 2.00. The zero-order valence-electron chi connectivity index (χ0n) is 4.96. The molecular formula is C5H8NO2P. The summed E-state index contributed by atoms with van der Waals surface area (Å²) in [5, 5.41) is 3.18. The molecule has 0 aliphatic carbocycles. The number of nitrogens with one attached hydrogen (secondary N) is 1. The zero-order valence-corrected chi connectivity index (χ0v) is 5.86.